The highest BCUT2D eigenvalue weighted by Crippen LogP contribution is 2.23. The molecule has 3 nitrogen and oxygen atoms in total. The first kappa shape index (κ1) is 14.5. The first-order valence-corrected chi connectivity index (χ1v) is 7.20. The van der Waals surface area contributed by atoms with Gasteiger partial charge in [0.05, 0.1) is 0 Å². The van der Waals surface area contributed by atoms with Crippen molar-refractivity contribution in [3.8, 4) is 0 Å². The van der Waals surface area contributed by atoms with E-state index >= 15 is 0 Å². The molecule has 1 fully saturated rings. The summed E-state index contributed by atoms with van der Waals surface area (Å²) in [5.41, 5.74) is 5.71. The number of hydrogen-bond acceptors (Lipinski definition) is 2. The summed E-state index contributed by atoms with van der Waals surface area (Å²) >= 11 is 0. The van der Waals surface area contributed by atoms with E-state index < -0.39 is 0 Å². The second kappa shape index (κ2) is 7.70. The number of carbonyl (C=O) groups excluding carboxylic acids is 1. The van der Waals surface area contributed by atoms with Crippen molar-refractivity contribution in [3.63, 3.8) is 0 Å². The van der Waals surface area contributed by atoms with Crippen LogP contribution in [0.5, 0.6) is 0 Å². The van der Waals surface area contributed by atoms with Crippen molar-refractivity contribution in [2.45, 2.75) is 77.3 Å². The second-order valence-electron chi connectivity index (χ2n) is 5.34. The van der Waals surface area contributed by atoms with Crippen LogP contribution in [0.1, 0.15) is 65.2 Å². The van der Waals surface area contributed by atoms with E-state index in [-0.39, 0.29) is 6.04 Å². The number of amides is 1. The Labute approximate surface area is 106 Å². The summed E-state index contributed by atoms with van der Waals surface area (Å²) in [5, 5.41) is 0. The predicted octanol–water partition coefficient (Wildman–Crippen LogP) is 2.69. The zero-order valence-electron chi connectivity index (χ0n) is 11.5. The van der Waals surface area contributed by atoms with Gasteiger partial charge in [-0.15, -0.1) is 0 Å². The van der Waals surface area contributed by atoms with E-state index in [9.17, 15) is 4.79 Å². The molecule has 2 N–H and O–H groups in total. The Hall–Kier alpha value is -0.570. The molecule has 1 amide bonds. The van der Waals surface area contributed by atoms with Crippen LogP contribution in [0.3, 0.4) is 0 Å². The Morgan fingerprint density at radius 3 is 2.53 bits per heavy atom. The SMILES string of the molecule is CCN(C(=O)CCCC(C)N)C1CCCCC1. The molecule has 3 heteroatoms. The fourth-order valence-electron chi connectivity index (χ4n) is 2.75. The summed E-state index contributed by atoms with van der Waals surface area (Å²) in [7, 11) is 0. The van der Waals surface area contributed by atoms with Crippen LogP contribution in [0.2, 0.25) is 0 Å². The molecule has 1 rings (SSSR count). The molecule has 0 aromatic carbocycles. The van der Waals surface area contributed by atoms with Crippen LogP contribution >= 0.6 is 0 Å². The van der Waals surface area contributed by atoms with Crippen molar-refractivity contribution in [3.05, 3.63) is 0 Å². The Morgan fingerprint density at radius 1 is 1.35 bits per heavy atom. The van der Waals surface area contributed by atoms with E-state index in [1.54, 1.807) is 0 Å². The van der Waals surface area contributed by atoms with Gasteiger partial charge in [0.2, 0.25) is 5.91 Å². The van der Waals surface area contributed by atoms with Crippen LogP contribution < -0.4 is 5.73 Å². The zero-order chi connectivity index (χ0) is 12.7. The maximum Gasteiger partial charge on any atom is 0.222 e. The molecule has 1 aliphatic rings. The lowest BCUT2D eigenvalue weighted by molar-refractivity contribution is -0.134. The molecule has 0 bridgehead atoms. The first-order valence-electron chi connectivity index (χ1n) is 7.20. The van der Waals surface area contributed by atoms with Gasteiger partial charge in [0.25, 0.3) is 0 Å². The third-order valence-corrected chi connectivity index (χ3v) is 3.73. The standard InChI is InChI=1S/C14H28N2O/c1-3-16(13-9-5-4-6-10-13)14(17)11-7-8-12(2)15/h12-13H,3-11,15H2,1-2H3. The highest BCUT2D eigenvalue weighted by Gasteiger charge is 2.23. The van der Waals surface area contributed by atoms with Gasteiger partial charge < -0.3 is 10.6 Å². The molecule has 0 aromatic rings. The van der Waals surface area contributed by atoms with Crippen LogP contribution in [0, 0.1) is 0 Å². The van der Waals surface area contributed by atoms with Crippen molar-refractivity contribution in [2.24, 2.45) is 5.73 Å². The average molecular weight is 240 g/mol. The smallest absolute Gasteiger partial charge is 0.222 e. The second-order valence-corrected chi connectivity index (χ2v) is 5.34. The molecule has 0 aliphatic heterocycles. The van der Waals surface area contributed by atoms with Crippen molar-refractivity contribution in [1.29, 1.82) is 0 Å². The Balaban J connectivity index is 2.34. The molecule has 1 saturated carbocycles. The monoisotopic (exact) mass is 240 g/mol. The third kappa shape index (κ3) is 5.07. The van der Waals surface area contributed by atoms with E-state index in [2.05, 4.69) is 11.8 Å². The number of carbonyl (C=O) groups is 1. The van der Waals surface area contributed by atoms with Gasteiger partial charge in [0.1, 0.15) is 0 Å². The maximum absolute atomic E-state index is 12.1. The summed E-state index contributed by atoms with van der Waals surface area (Å²) in [5.74, 6) is 0.333. The molecular weight excluding hydrogens is 212 g/mol. The van der Waals surface area contributed by atoms with Gasteiger partial charge >= 0.3 is 0 Å². The van der Waals surface area contributed by atoms with Crippen LogP contribution in [0.4, 0.5) is 0 Å². The summed E-state index contributed by atoms with van der Waals surface area (Å²) in [4.78, 5) is 14.2. The van der Waals surface area contributed by atoms with E-state index in [4.69, 9.17) is 5.73 Å². The number of nitrogens with two attached hydrogens (primary N) is 1. The first-order chi connectivity index (χ1) is 8.15. The molecule has 0 heterocycles. The van der Waals surface area contributed by atoms with Crippen LogP contribution in [0.25, 0.3) is 0 Å². The van der Waals surface area contributed by atoms with Crippen molar-refractivity contribution in [2.75, 3.05) is 6.54 Å². The highest BCUT2D eigenvalue weighted by molar-refractivity contribution is 5.76. The number of rotatable bonds is 6. The third-order valence-electron chi connectivity index (χ3n) is 3.73. The molecule has 17 heavy (non-hydrogen) atoms. The average Bonchev–Trinajstić information content (AvgIpc) is 2.31. The van der Waals surface area contributed by atoms with Gasteiger partial charge in [0, 0.05) is 25.0 Å². The predicted molar refractivity (Wildman–Crippen MR) is 71.8 cm³/mol. The fourth-order valence-corrected chi connectivity index (χ4v) is 2.75. The van der Waals surface area contributed by atoms with Gasteiger partial charge in [0.15, 0.2) is 0 Å². The molecule has 0 radical (unpaired) electrons. The Morgan fingerprint density at radius 2 is 2.00 bits per heavy atom. The minimum Gasteiger partial charge on any atom is -0.340 e. The number of nitrogens with zero attached hydrogens (tertiary/aromatic N) is 1. The van der Waals surface area contributed by atoms with Crippen LogP contribution in [-0.2, 0) is 4.79 Å². The topological polar surface area (TPSA) is 46.3 Å². The van der Waals surface area contributed by atoms with E-state index in [1.807, 2.05) is 6.92 Å². The highest BCUT2D eigenvalue weighted by atomic mass is 16.2. The van der Waals surface area contributed by atoms with E-state index in [1.165, 1.54) is 32.1 Å². The molecule has 0 spiro atoms. The van der Waals surface area contributed by atoms with E-state index in [0.29, 0.717) is 18.4 Å². The molecule has 0 saturated heterocycles. The summed E-state index contributed by atoms with van der Waals surface area (Å²) < 4.78 is 0. The maximum atomic E-state index is 12.1. The fraction of sp³-hybridized carbons (Fsp3) is 0.929. The molecule has 1 atom stereocenters. The molecule has 1 unspecified atom stereocenters. The minimum absolute atomic E-state index is 0.215. The summed E-state index contributed by atoms with van der Waals surface area (Å²) in [6, 6.07) is 0.726. The van der Waals surface area contributed by atoms with Crippen molar-refractivity contribution in [1.82, 2.24) is 4.90 Å². The zero-order valence-corrected chi connectivity index (χ0v) is 11.5. The van der Waals surface area contributed by atoms with Gasteiger partial charge in [-0.3, -0.25) is 4.79 Å². The molecule has 0 aromatic heterocycles. The number of hydrogen-bond donors (Lipinski definition) is 1. The molecular formula is C14H28N2O. The molecule has 100 valence electrons. The van der Waals surface area contributed by atoms with Gasteiger partial charge in [-0.05, 0) is 39.5 Å². The van der Waals surface area contributed by atoms with Crippen molar-refractivity contribution >= 4 is 5.91 Å². The quantitative estimate of drug-likeness (QED) is 0.776. The lowest BCUT2D eigenvalue weighted by Crippen LogP contribution is -2.41. The van der Waals surface area contributed by atoms with Crippen molar-refractivity contribution < 1.29 is 4.79 Å². The summed E-state index contributed by atoms with van der Waals surface area (Å²) in [6.45, 7) is 4.96. The lowest BCUT2D eigenvalue weighted by Gasteiger charge is -2.33. The molecule has 1 aliphatic carbocycles. The van der Waals surface area contributed by atoms with E-state index in [0.717, 1.165) is 19.4 Å². The Kier molecular flexibility index (Phi) is 6.56. The summed E-state index contributed by atoms with van der Waals surface area (Å²) in [6.07, 6.45) is 8.87. The van der Waals surface area contributed by atoms with Crippen LogP contribution in [0.15, 0.2) is 0 Å². The largest absolute Gasteiger partial charge is 0.340 e. The van der Waals surface area contributed by atoms with Gasteiger partial charge in [-0.1, -0.05) is 19.3 Å². The lowest BCUT2D eigenvalue weighted by atomic mass is 9.94. The minimum atomic E-state index is 0.215. The normalized spacial score (nSPS) is 19.0. The van der Waals surface area contributed by atoms with Crippen LogP contribution in [-0.4, -0.2) is 29.4 Å². The Bertz CT molecular complexity index is 222. The van der Waals surface area contributed by atoms with Gasteiger partial charge in [-0.25, -0.2) is 0 Å². The van der Waals surface area contributed by atoms with Gasteiger partial charge in [-0.2, -0.15) is 0 Å².